The summed E-state index contributed by atoms with van der Waals surface area (Å²) in [6.45, 7) is 9.49. The summed E-state index contributed by atoms with van der Waals surface area (Å²) in [7, 11) is 4.68. The van der Waals surface area contributed by atoms with Crippen LogP contribution in [0, 0.1) is 6.92 Å². The molecule has 0 spiro atoms. The van der Waals surface area contributed by atoms with E-state index in [4.69, 9.17) is 4.79 Å². The predicted octanol–water partition coefficient (Wildman–Crippen LogP) is 1.09. The number of unbranched alkanes of at least 4 members (excludes halogenated alkanes) is 1. The van der Waals surface area contributed by atoms with Crippen LogP contribution in [0.4, 0.5) is 0 Å². The van der Waals surface area contributed by atoms with Crippen molar-refractivity contribution < 1.29 is 14.3 Å². The summed E-state index contributed by atoms with van der Waals surface area (Å²) in [5.41, 5.74) is 0.0568. The highest BCUT2D eigenvalue weighted by atomic mass is 16.5. The third-order valence-corrected chi connectivity index (χ3v) is 3.82. The van der Waals surface area contributed by atoms with Crippen LogP contribution in [-0.2, 0) is 35.0 Å². The molecule has 2 rings (SSSR count). The van der Waals surface area contributed by atoms with E-state index in [0.717, 1.165) is 6.29 Å². The van der Waals surface area contributed by atoms with Crippen molar-refractivity contribution in [1.29, 1.82) is 0 Å². The zero-order chi connectivity index (χ0) is 21.1. The summed E-state index contributed by atoms with van der Waals surface area (Å²) in [6, 6.07) is 0. The highest BCUT2D eigenvalue weighted by Gasteiger charge is 2.16. The molecule has 2 heterocycles. The van der Waals surface area contributed by atoms with E-state index in [1.165, 1.54) is 23.2 Å². The van der Waals surface area contributed by atoms with Crippen molar-refractivity contribution in [3.05, 3.63) is 39.8 Å². The molecular formula is C18H28N4O5. The highest BCUT2D eigenvalue weighted by molar-refractivity contribution is 5.70. The molecule has 0 unspecified atom stereocenters. The Bertz CT molecular complexity index is 892. The Morgan fingerprint density at radius 1 is 1.19 bits per heavy atom. The van der Waals surface area contributed by atoms with Gasteiger partial charge in [0.25, 0.3) is 5.56 Å². The third kappa shape index (κ3) is 5.77. The van der Waals surface area contributed by atoms with Gasteiger partial charge in [-0.15, -0.1) is 13.2 Å². The topological polar surface area (TPSA) is 105 Å². The Hall–Kier alpha value is -2.97. The van der Waals surface area contributed by atoms with Crippen molar-refractivity contribution >= 4 is 23.4 Å². The standard InChI is InChI=1S/C14H20N4O4.C2H4O.C2H4/c1-9-15-12-11(16(9)2)13(20)18(14(21)17(12)3)8-6-5-7-10(19)22-4;1-2-3;1-2/h5-8H2,1-4H3;2H,1H3;1-2H2. The van der Waals surface area contributed by atoms with Crippen LogP contribution in [-0.4, -0.2) is 38.1 Å². The van der Waals surface area contributed by atoms with Crippen LogP contribution in [0.3, 0.4) is 0 Å². The van der Waals surface area contributed by atoms with Gasteiger partial charge in [0, 0.05) is 27.1 Å². The van der Waals surface area contributed by atoms with Crippen molar-refractivity contribution in [3.63, 3.8) is 0 Å². The first-order chi connectivity index (χ1) is 12.8. The average Bonchev–Trinajstić information content (AvgIpc) is 2.96. The molecule has 9 nitrogen and oxygen atoms in total. The predicted molar refractivity (Wildman–Crippen MR) is 104 cm³/mol. The van der Waals surface area contributed by atoms with Crippen LogP contribution in [0.5, 0.6) is 0 Å². The molecule has 2 aromatic rings. The largest absolute Gasteiger partial charge is 0.469 e. The summed E-state index contributed by atoms with van der Waals surface area (Å²) in [6.07, 6.45) is 2.13. The van der Waals surface area contributed by atoms with Crippen LogP contribution in [0.2, 0.25) is 0 Å². The van der Waals surface area contributed by atoms with E-state index in [9.17, 15) is 14.4 Å². The van der Waals surface area contributed by atoms with Gasteiger partial charge < -0.3 is 14.1 Å². The number of nitrogens with zero attached hydrogens (tertiary/aromatic N) is 4. The lowest BCUT2D eigenvalue weighted by Crippen LogP contribution is -2.39. The Labute approximate surface area is 157 Å². The summed E-state index contributed by atoms with van der Waals surface area (Å²) in [4.78, 5) is 48.9. The van der Waals surface area contributed by atoms with Gasteiger partial charge in [-0.1, -0.05) is 0 Å². The smallest absolute Gasteiger partial charge is 0.332 e. The van der Waals surface area contributed by atoms with E-state index in [0.29, 0.717) is 29.8 Å². The fourth-order valence-corrected chi connectivity index (χ4v) is 2.39. The molecule has 27 heavy (non-hydrogen) atoms. The normalized spacial score (nSPS) is 9.67. The molecule has 0 aliphatic carbocycles. The maximum atomic E-state index is 12.5. The monoisotopic (exact) mass is 380 g/mol. The number of carbonyl (C=O) groups excluding carboxylic acids is 2. The van der Waals surface area contributed by atoms with Gasteiger partial charge in [-0.25, -0.2) is 9.78 Å². The third-order valence-electron chi connectivity index (χ3n) is 3.82. The van der Waals surface area contributed by atoms with E-state index in [1.54, 1.807) is 25.6 Å². The number of hydrogen-bond acceptors (Lipinski definition) is 6. The van der Waals surface area contributed by atoms with Crippen molar-refractivity contribution in [3.8, 4) is 0 Å². The van der Waals surface area contributed by atoms with Gasteiger partial charge in [0.2, 0.25) is 0 Å². The van der Waals surface area contributed by atoms with Crippen LogP contribution >= 0.6 is 0 Å². The number of methoxy groups -OCH3 is 1. The van der Waals surface area contributed by atoms with E-state index < -0.39 is 5.69 Å². The first-order valence-corrected chi connectivity index (χ1v) is 8.39. The fraction of sp³-hybridized carbons (Fsp3) is 0.500. The number of carbonyl (C=O) groups is 2. The lowest BCUT2D eigenvalue weighted by Gasteiger charge is -2.08. The summed E-state index contributed by atoms with van der Waals surface area (Å²) in [5.74, 6) is 0.378. The molecule has 0 N–H and O–H groups in total. The summed E-state index contributed by atoms with van der Waals surface area (Å²) < 4.78 is 8.82. The number of ether oxygens (including phenoxy) is 1. The maximum absolute atomic E-state index is 12.5. The molecule has 0 radical (unpaired) electrons. The zero-order valence-electron chi connectivity index (χ0n) is 16.7. The summed E-state index contributed by atoms with van der Waals surface area (Å²) in [5, 5.41) is 0. The van der Waals surface area contributed by atoms with Crippen molar-refractivity contribution in [2.45, 2.75) is 39.7 Å². The number of esters is 1. The van der Waals surface area contributed by atoms with Gasteiger partial charge >= 0.3 is 11.7 Å². The molecule has 0 fully saturated rings. The Morgan fingerprint density at radius 2 is 1.74 bits per heavy atom. The SMILES string of the molecule is C=C.CC=O.COC(=O)CCCCn1c(=O)c2c(nc(C)n2C)n(C)c1=O. The number of aryl methyl sites for hydroxylation is 3. The molecule has 0 aromatic carbocycles. The number of imidazole rings is 1. The molecule has 0 amide bonds. The first kappa shape index (κ1) is 24.0. The molecule has 9 heteroatoms. The molecule has 0 saturated heterocycles. The second-order valence-corrected chi connectivity index (χ2v) is 5.46. The number of hydrogen-bond donors (Lipinski definition) is 0. The number of rotatable bonds is 5. The number of aromatic nitrogens is 4. The van der Waals surface area contributed by atoms with Crippen LogP contribution < -0.4 is 11.2 Å². The average molecular weight is 380 g/mol. The van der Waals surface area contributed by atoms with E-state index in [2.05, 4.69) is 22.9 Å². The minimum absolute atomic E-state index is 0.267. The van der Waals surface area contributed by atoms with Crippen LogP contribution in [0.15, 0.2) is 22.7 Å². The van der Waals surface area contributed by atoms with Crippen LogP contribution in [0.1, 0.15) is 32.0 Å². The van der Waals surface area contributed by atoms with Crippen molar-refractivity contribution in [2.75, 3.05) is 7.11 Å². The van der Waals surface area contributed by atoms with Gasteiger partial charge in [0.05, 0.1) is 7.11 Å². The molecular weight excluding hydrogens is 352 g/mol. The lowest BCUT2D eigenvalue weighted by molar-refractivity contribution is -0.140. The Kier molecular flexibility index (Phi) is 10.3. The Balaban J connectivity index is 0.00000123. The highest BCUT2D eigenvalue weighted by Crippen LogP contribution is 2.08. The molecule has 0 atom stereocenters. The molecule has 0 saturated carbocycles. The number of aldehydes is 1. The fourth-order valence-electron chi connectivity index (χ4n) is 2.39. The van der Waals surface area contributed by atoms with Gasteiger partial charge in [-0.3, -0.25) is 18.7 Å². The minimum atomic E-state index is -0.395. The van der Waals surface area contributed by atoms with Gasteiger partial charge in [0.1, 0.15) is 12.1 Å². The van der Waals surface area contributed by atoms with E-state index in [-0.39, 0.29) is 24.5 Å². The van der Waals surface area contributed by atoms with Crippen molar-refractivity contribution in [1.82, 2.24) is 18.7 Å². The summed E-state index contributed by atoms with van der Waals surface area (Å²) >= 11 is 0. The molecule has 150 valence electrons. The number of fused-ring (bicyclic) bond motifs is 1. The van der Waals surface area contributed by atoms with Gasteiger partial charge in [0.15, 0.2) is 11.2 Å². The lowest BCUT2D eigenvalue weighted by atomic mass is 10.2. The zero-order valence-corrected chi connectivity index (χ0v) is 16.7. The quantitative estimate of drug-likeness (QED) is 0.333. The minimum Gasteiger partial charge on any atom is -0.469 e. The Morgan fingerprint density at radius 3 is 2.26 bits per heavy atom. The van der Waals surface area contributed by atoms with E-state index in [1.807, 2.05) is 0 Å². The maximum Gasteiger partial charge on any atom is 0.332 e. The van der Waals surface area contributed by atoms with Gasteiger partial charge in [-0.2, -0.15) is 0 Å². The molecule has 0 bridgehead atoms. The van der Waals surface area contributed by atoms with Gasteiger partial charge in [-0.05, 0) is 26.7 Å². The second-order valence-electron chi connectivity index (χ2n) is 5.46. The second kappa shape index (κ2) is 11.6. The van der Waals surface area contributed by atoms with Crippen LogP contribution in [0.25, 0.3) is 11.2 Å². The molecule has 0 aliphatic heterocycles. The van der Waals surface area contributed by atoms with E-state index >= 15 is 0 Å². The van der Waals surface area contributed by atoms with Crippen molar-refractivity contribution in [2.24, 2.45) is 14.1 Å². The molecule has 0 aliphatic rings. The first-order valence-electron chi connectivity index (χ1n) is 8.39. The molecule has 2 aromatic heterocycles.